The van der Waals surface area contributed by atoms with Gasteiger partial charge in [-0.25, -0.2) is 9.37 Å². The molecule has 2 rings (SSSR count). The zero-order chi connectivity index (χ0) is 13.8. The highest BCUT2D eigenvalue weighted by atomic mass is 79.9. The van der Waals surface area contributed by atoms with Crippen LogP contribution in [0.5, 0.6) is 0 Å². The molecule has 0 aliphatic carbocycles. The van der Waals surface area contributed by atoms with Crippen molar-refractivity contribution in [1.82, 2.24) is 15.2 Å². The second kappa shape index (κ2) is 5.92. The van der Waals surface area contributed by atoms with Crippen molar-refractivity contribution in [2.24, 2.45) is 0 Å². The normalized spacial score (nSPS) is 10.5. The predicted octanol–water partition coefficient (Wildman–Crippen LogP) is 2.91. The van der Waals surface area contributed by atoms with E-state index in [1.807, 2.05) is 6.92 Å². The van der Waals surface area contributed by atoms with Crippen molar-refractivity contribution in [3.63, 3.8) is 0 Å². The predicted molar refractivity (Wildman–Crippen MR) is 72.4 cm³/mol. The molecule has 1 amide bonds. The average Bonchev–Trinajstić information content (AvgIpc) is 2.83. The van der Waals surface area contributed by atoms with E-state index in [1.165, 1.54) is 12.1 Å². The van der Waals surface area contributed by atoms with Crippen molar-refractivity contribution < 1.29 is 9.18 Å². The second-order valence-corrected chi connectivity index (χ2v) is 4.85. The van der Waals surface area contributed by atoms with E-state index in [0.717, 1.165) is 6.42 Å². The van der Waals surface area contributed by atoms with Crippen LogP contribution in [0.15, 0.2) is 22.7 Å². The number of rotatable bonds is 4. The number of nitrogens with one attached hydrogen (secondary N) is 2. The van der Waals surface area contributed by atoms with Gasteiger partial charge < -0.3 is 5.32 Å². The summed E-state index contributed by atoms with van der Waals surface area (Å²) in [6, 6.07) is 4.30. The Kier molecular flexibility index (Phi) is 4.26. The first kappa shape index (κ1) is 13.7. The molecular weight excluding hydrogens is 315 g/mol. The van der Waals surface area contributed by atoms with Crippen molar-refractivity contribution in [2.75, 3.05) is 5.32 Å². The Labute approximate surface area is 117 Å². The van der Waals surface area contributed by atoms with E-state index < -0.39 is 11.7 Å². The van der Waals surface area contributed by atoms with Crippen LogP contribution in [0.2, 0.25) is 0 Å². The Hall–Kier alpha value is -1.76. The third-order valence-corrected chi connectivity index (χ3v) is 2.89. The van der Waals surface area contributed by atoms with Gasteiger partial charge >= 0.3 is 0 Å². The van der Waals surface area contributed by atoms with E-state index in [9.17, 15) is 9.18 Å². The minimum atomic E-state index is -0.546. The summed E-state index contributed by atoms with van der Waals surface area (Å²) in [7, 11) is 0. The smallest absolute Gasteiger partial charge is 0.295 e. The zero-order valence-corrected chi connectivity index (χ0v) is 11.8. The first-order valence-electron chi connectivity index (χ1n) is 5.78. The van der Waals surface area contributed by atoms with Crippen molar-refractivity contribution >= 4 is 27.5 Å². The van der Waals surface area contributed by atoms with Crippen LogP contribution in [0.1, 0.15) is 29.8 Å². The number of carbonyl (C=O) groups is 1. The summed E-state index contributed by atoms with van der Waals surface area (Å²) in [5, 5.41) is 8.91. The number of amides is 1. The molecule has 1 heterocycles. The van der Waals surface area contributed by atoms with Gasteiger partial charge in [0.15, 0.2) is 0 Å². The van der Waals surface area contributed by atoms with Gasteiger partial charge in [-0.3, -0.25) is 9.89 Å². The number of hydrogen-bond acceptors (Lipinski definition) is 3. The highest BCUT2D eigenvalue weighted by molar-refractivity contribution is 9.10. The molecule has 0 aliphatic heterocycles. The molecule has 0 atom stereocenters. The molecule has 0 spiro atoms. The molecule has 19 heavy (non-hydrogen) atoms. The molecule has 0 saturated carbocycles. The van der Waals surface area contributed by atoms with E-state index in [-0.39, 0.29) is 11.5 Å². The number of aryl methyl sites for hydroxylation is 1. The summed E-state index contributed by atoms with van der Waals surface area (Å²) in [4.78, 5) is 15.9. The number of H-pyrrole nitrogens is 1. The first-order chi connectivity index (χ1) is 9.10. The molecule has 7 heteroatoms. The molecule has 1 aromatic carbocycles. The fourth-order valence-corrected chi connectivity index (χ4v) is 1.88. The van der Waals surface area contributed by atoms with Crippen LogP contribution in [0, 0.1) is 5.82 Å². The number of carbonyl (C=O) groups excluding carboxylic acids is 1. The van der Waals surface area contributed by atoms with Gasteiger partial charge in [-0.2, -0.15) is 0 Å². The van der Waals surface area contributed by atoms with E-state index in [4.69, 9.17) is 0 Å². The highest BCUT2D eigenvalue weighted by Crippen LogP contribution is 2.20. The molecule has 0 unspecified atom stereocenters. The number of nitrogens with zero attached hydrogens (tertiary/aromatic N) is 2. The van der Waals surface area contributed by atoms with E-state index >= 15 is 0 Å². The third kappa shape index (κ3) is 3.37. The first-order valence-corrected chi connectivity index (χ1v) is 6.57. The minimum absolute atomic E-state index is 0.00262. The second-order valence-electron chi connectivity index (χ2n) is 3.93. The molecule has 0 radical (unpaired) electrons. The Morgan fingerprint density at radius 3 is 3.05 bits per heavy atom. The largest absolute Gasteiger partial charge is 0.317 e. The van der Waals surface area contributed by atoms with Crippen molar-refractivity contribution in [1.29, 1.82) is 0 Å². The van der Waals surface area contributed by atoms with Gasteiger partial charge in [0.25, 0.3) is 5.91 Å². The summed E-state index contributed by atoms with van der Waals surface area (Å²) in [5.41, 5.74) is 0.0845. The molecule has 0 aliphatic rings. The van der Waals surface area contributed by atoms with Gasteiger partial charge in [-0.05, 0) is 24.6 Å². The Morgan fingerprint density at radius 2 is 2.32 bits per heavy atom. The van der Waals surface area contributed by atoms with Crippen LogP contribution < -0.4 is 5.32 Å². The lowest BCUT2D eigenvalue weighted by Gasteiger charge is -2.04. The number of aromatic amines is 1. The molecule has 0 saturated heterocycles. The van der Waals surface area contributed by atoms with Crippen LogP contribution in [-0.4, -0.2) is 21.1 Å². The molecule has 2 aromatic rings. The minimum Gasteiger partial charge on any atom is -0.317 e. The quantitative estimate of drug-likeness (QED) is 0.907. The van der Waals surface area contributed by atoms with Gasteiger partial charge in [0.1, 0.15) is 11.6 Å². The Balaban J connectivity index is 2.13. The summed E-state index contributed by atoms with van der Waals surface area (Å²) >= 11 is 3.21. The monoisotopic (exact) mass is 326 g/mol. The molecule has 0 fully saturated rings. The van der Waals surface area contributed by atoms with Crippen molar-refractivity contribution in [3.8, 4) is 0 Å². The highest BCUT2D eigenvalue weighted by Gasteiger charge is 2.14. The average molecular weight is 327 g/mol. The number of benzene rings is 1. The van der Waals surface area contributed by atoms with Gasteiger partial charge in [0.2, 0.25) is 5.82 Å². The fraction of sp³-hybridized carbons (Fsp3) is 0.250. The maximum atomic E-state index is 13.5. The fourth-order valence-electron chi connectivity index (χ4n) is 1.52. The van der Waals surface area contributed by atoms with Crippen LogP contribution in [-0.2, 0) is 6.42 Å². The van der Waals surface area contributed by atoms with Crippen molar-refractivity contribution in [2.45, 2.75) is 19.8 Å². The number of anilines is 1. The Morgan fingerprint density at radius 1 is 1.53 bits per heavy atom. The van der Waals surface area contributed by atoms with Gasteiger partial charge in [0.05, 0.1) is 5.69 Å². The standard InChI is InChI=1S/C12H12BrFN4O/c1-2-3-10-16-11(18-17-10)12(19)15-9-6-7(13)4-5-8(9)14/h4-6H,2-3H2,1H3,(H,15,19)(H,16,17,18). The maximum absolute atomic E-state index is 13.5. The number of halogens is 2. The summed E-state index contributed by atoms with van der Waals surface area (Å²) in [6.07, 6.45) is 1.61. The van der Waals surface area contributed by atoms with Gasteiger partial charge in [-0.15, -0.1) is 5.10 Å². The number of hydrogen-bond donors (Lipinski definition) is 2. The van der Waals surface area contributed by atoms with E-state index in [1.54, 1.807) is 6.07 Å². The molecule has 100 valence electrons. The molecule has 2 N–H and O–H groups in total. The molecule has 0 bridgehead atoms. The van der Waals surface area contributed by atoms with Crippen molar-refractivity contribution in [3.05, 3.63) is 40.1 Å². The third-order valence-electron chi connectivity index (χ3n) is 2.40. The zero-order valence-electron chi connectivity index (χ0n) is 10.2. The lowest BCUT2D eigenvalue weighted by atomic mass is 10.3. The summed E-state index contributed by atoms with van der Waals surface area (Å²) in [6.45, 7) is 2.00. The number of aromatic nitrogens is 3. The van der Waals surface area contributed by atoms with Gasteiger partial charge in [-0.1, -0.05) is 22.9 Å². The van der Waals surface area contributed by atoms with E-state index in [2.05, 4.69) is 36.4 Å². The lowest BCUT2D eigenvalue weighted by molar-refractivity contribution is 0.101. The van der Waals surface area contributed by atoms with Crippen LogP contribution in [0.25, 0.3) is 0 Å². The van der Waals surface area contributed by atoms with Crippen LogP contribution in [0.4, 0.5) is 10.1 Å². The lowest BCUT2D eigenvalue weighted by Crippen LogP contribution is -2.14. The molecular formula is C12H12BrFN4O. The van der Waals surface area contributed by atoms with Gasteiger partial charge in [0, 0.05) is 10.9 Å². The SMILES string of the molecule is CCCc1nc(C(=O)Nc2cc(Br)ccc2F)n[nH]1. The summed E-state index contributed by atoms with van der Waals surface area (Å²) in [5.74, 6) is -0.415. The topological polar surface area (TPSA) is 70.7 Å². The van der Waals surface area contributed by atoms with Crippen LogP contribution in [0.3, 0.4) is 0 Å². The molecule has 1 aromatic heterocycles. The maximum Gasteiger partial charge on any atom is 0.295 e. The molecule has 5 nitrogen and oxygen atoms in total. The summed E-state index contributed by atoms with van der Waals surface area (Å²) < 4.78 is 14.2. The van der Waals surface area contributed by atoms with Crippen LogP contribution >= 0.6 is 15.9 Å². The Bertz CT molecular complexity index is 599. The van der Waals surface area contributed by atoms with E-state index in [0.29, 0.717) is 16.7 Å².